The first kappa shape index (κ1) is 17.7. The summed E-state index contributed by atoms with van der Waals surface area (Å²) in [5, 5.41) is 4.94. The SMILES string of the molecule is CS(=O)(=O)Cc1ccc(CNC(=O)CCCc2cccs2)cc1. The number of sulfone groups is 1. The number of nitrogens with one attached hydrogen (secondary N) is 1. The van der Waals surface area contributed by atoms with Crippen LogP contribution in [0.5, 0.6) is 0 Å². The molecule has 23 heavy (non-hydrogen) atoms. The summed E-state index contributed by atoms with van der Waals surface area (Å²) in [7, 11) is -3.01. The fourth-order valence-electron chi connectivity index (χ4n) is 2.22. The van der Waals surface area contributed by atoms with Gasteiger partial charge in [0.25, 0.3) is 0 Å². The first-order valence-electron chi connectivity index (χ1n) is 7.47. The van der Waals surface area contributed by atoms with Crippen molar-refractivity contribution in [2.75, 3.05) is 6.26 Å². The third-order valence-corrected chi connectivity index (χ3v) is 5.14. The molecule has 0 aliphatic heterocycles. The Hall–Kier alpha value is -1.66. The van der Waals surface area contributed by atoms with E-state index in [-0.39, 0.29) is 11.7 Å². The Morgan fingerprint density at radius 3 is 2.43 bits per heavy atom. The highest BCUT2D eigenvalue weighted by Gasteiger charge is 2.05. The van der Waals surface area contributed by atoms with Crippen molar-refractivity contribution >= 4 is 27.1 Å². The molecule has 1 N–H and O–H groups in total. The Balaban J connectivity index is 1.71. The van der Waals surface area contributed by atoms with Crippen LogP contribution in [0.15, 0.2) is 41.8 Å². The van der Waals surface area contributed by atoms with Crippen molar-refractivity contribution in [3.63, 3.8) is 0 Å². The highest BCUT2D eigenvalue weighted by molar-refractivity contribution is 7.89. The molecule has 1 amide bonds. The lowest BCUT2D eigenvalue weighted by atomic mass is 10.1. The van der Waals surface area contributed by atoms with Gasteiger partial charge in [-0.3, -0.25) is 4.79 Å². The zero-order chi connectivity index (χ0) is 16.7. The van der Waals surface area contributed by atoms with Gasteiger partial charge in [0.1, 0.15) is 0 Å². The molecule has 6 heteroatoms. The third kappa shape index (κ3) is 6.97. The lowest BCUT2D eigenvalue weighted by Crippen LogP contribution is -2.22. The maximum atomic E-state index is 11.8. The minimum absolute atomic E-state index is 0.0433. The monoisotopic (exact) mass is 351 g/mol. The molecule has 0 saturated carbocycles. The molecular formula is C17H21NO3S2. The second-order valence-corrected chi connectivity index (χ2v) is 8.77. The number of aryl methyl sites for hydroxylation is 1. The minimum atomic E-state index is -3.01. The van der Waals surface area contributed by atoms with E-state index in [1.165, 1.54) is 11.1 Å². The van der Waals surface area contributed by atoms with Gasteiger partial charge in [-0.1, -0.05) is 30.3 Å². The van der Waals surface area contributed by atoms with E-state index >= 15 is 0 Å². The Labute approximate surface area is 141 Å². The van der Waals surface area contributed by atoms with Gasteiger partial charge < -0.3 is 5.32 Å². The van der Waals surface area contributed by atoms with Crippen molar-refractivity contribution in [3.8, 4) is 0 Å². The zero-order valence-electron chi connectivity index (χ0n) is 13.1. The third-order valence-electron chi connectivity index (χ3n) is 3.35. The van der Waals surface area contributed by atoms with Crippen LogP contribution >= 0.6 is 11.3 Å². The van der Waals surface area contributed by atoms with Crippen molar-refractivity contribution in [3.05, 3.63) is 57.8 Å². The molecule has 0 saturated heterocycles. The summed E-state index contributed by atoms with van der Waals surface area (Å²) in [4.78, 5) is 13.1. The number of benzene rings is 1. The van der Waals surface area contributed by atoms with Crippen molar-refractivity contribution in [1.29, 1.82) is 0 Å². The van der Waals surface area contributed by atoms with Crippen LogP contribution in [-0.4, -0.2) is 20.6 Å². The normalized spacial score (nSPS) is 11.3. The van der Waals surface area contributed by atoms with E-state index in [9.17, 15) is 13.2 Å². The number of hydrogen-bond acceptors (Lipinski definition) is 4. The number of carbonyl (C=O) groups is 1. The number of thiophene rings is 1. The summed E-state index contributed by atoms with van der Waals surface area (Å²) < 4.78 is 22.5. The largest absolute Gasteiger partial charge is 0.352 e. The molecule has 0 bridgehead atoms. The van der Waals surface area contributed by atoms with Crippen molar-refractivity contribution in [1.82, 2.24) is 5.32 Å². The topological polar surface area (TPSA) is 63.2 Å². The highest BCUT2D eigenvalue weighted by atomic mass is 32.2. The first-order chi connectivity index (χ1) is 10.9. The van der Waals surface area contributed by atoms with Crippen LogP contribution in [-0.2, 0) is 33.4 Å². The Morgan fingerprint density at radius 1 is 1.13 bits per heavy atom. The van der Waals surface area contributed by atoms with Crippen molar-refractivity contribution in [2.24, 2.45) is 0 Å². The minimum Gasteiger partial charge on any atom is -0.352 e. The smallest absolute Gasteiger partial charge is 0.220 e. The quantitative estimate of drug-likeness (QED) is 0.795. The molecule has 0 aliphatic carbocycles. The molecule has 0 radical (unpaired) electrons. The van der Waals surface area contributed by atoms with Gasteiger partial charge >= 0.3 is 0 Å². The summed E-state index contributed by atoms with van der Waals surface area (Å²) in [6, 6.07) is 11.4. The summed E-state index contributed by atoms with van der Waals surface area (Å²) in [6.45, 7) is 0.469. The van der Waals surface area contributed by atoms with E-state index in [4.69, 9.17) is 0 Å². The molecule has 1 heterocycles. The average molecular weight is 351 g/mol. The number of hydrogen-bond donors (Lipinski definition) is 1. The predicted octanol–water partition coefficient (Wildman–Crippen LogP) is 2.93. The van der Waals surface area contributed by atoms with E-state index < -0.39 is 9.84 Å². The maximum Gasteiger partial charge on any atom is 0.220 e. The van der Waals surface area contributed by atoms with Gasteiger partial charge in [0.2, 0.25) is 5.91 Å². The summed E-state index contributed by atoms with van der Waals surface area (Å²) >= 11 is 1.72. The average Bonchev–Trinajstić information content (AvgIpc) is 2.98. The number of amides is 1. The van der Waals surface area contributed by atoms with Gasteiger partial charge in [-0.25, -0.2) is 8.42 Å². The molecule has 0 unspecified atom stereocenters. The Kier molecular flexibility index (Phi) is 6.36. The molecule has 0 aliphatic rings. The standard InChI is InChI=1S/C17H21NO3S2/c1-23(20,21)13-15-9-7-14(8-10-15)12-18-17(19)6-2-4-16-5-3-11-22-16/h3,5,7-11H,2,4,6,12-13H2,1H3,(H,18,19). The first-order valence-corrected chi connectivity index (χ1v) is 10.4. The second-order valence-electron chi connectivity index (χ2n) is 5.60. The molecule has 4 nitrogen and oxygen atoms in total. The maximum absolute atomic E-state index is 11.8. The fourth-order valence-corrected chi connectivity index (χ4v) is 3.77. The van der Waals surface area contributed by atoms with Gasteiger partial charge in [0.05, 0.1) is 5.75 Å². The van der Waals surface area contributed by atoms with Crippen LogP contribution < -0.4 is 5.32 Å². The van der Waals surface area contributed by atoms with Gasteiger partial charge in [0.15, 0.2) is 9.84 Å². The van der Waals surface area contributed by atoms with Crippen molar-refractivity contribution < 1.29 is 13.2 Å². The van der Waals surface area contributed by atoms with Crippen molar-refractivity contribution in [2.45, 2.75) is 31.6 Å². The molecular weight excluding hydrogens is 330 g/mol. The van der Waals surface area contributed by atoms with Crippen LogP contribution in [0.4, 0.5) is 0 Å². The van der Waals surface area contributed by atoms with Crippen LogP contribution in [0.2, 0.25) is 0 Å². The Morgan fingerprint density at radius 2 is 1.83 bits per heavy atom. The lowest BCUT2D eigenvalue weighted by molar-refractivity contribution is -0.121. The van der Waals surface area contributed by atoms with Gasteiger partial charge in [-0.2, -0.15) is 0 Å². The van der Waals surface area contributed by atoms with E-state index in [0.717, 1.165) is 24.0 Å². The van der Waals surface area contributed by atoms with E-state index in [1.807, 2.05) is 23.6 Å². The predicted molar refractivity (Wildman–Crippen MR) is 94.1 cm³/mol. The lowest BCUT2D eigenvalue weighted by Gasteiger charge is -2.06. The second kappa shape index (κ2) is 8.26. The van der Waals surface area contributed by atoms with Crippen LogP contribution in [0.25, 0.3) is 0 Å². The van der Waals surface area contributed by atoms with Crippen LogP contribution in [0.3, 0.4) is 0 Å². The summed E-state index contributed by atoms with van der Waals surface area (Å²) in [5.41, 5.74) is 1.73. The van der Waals surface area contributed by atoms with E-state index in [1.54, 1.807) is 23.5 Å². The molecule has 2 rings (SSSR count). The molecule has 1 aromatic heterocycles. The van der Waals surface area contributed by atoms with Gasteiger partial charge in [-0.15, -0.1) is 11.3 Å². The molecule has 0 spiro atoms. The number of carbonyl (C=O) groups excluding carboxylic acids is 1. The Bertz CT molecular complexity index is 720. The zero-order valence-corrected chi connectivity index (χ0v) is 14.8. The van der Waals surface area contributed by atoms with E-state index in [0.29, 0.717) is 13.0 Å². The van der Waals surface area contributed by atoms with Gasteiger partial charge in [-0.05, 0) is 35.4 Å². The highest BCUT2D eigenvalue weighted by Crippen LogP contribution is 2.12. The fraction of sp³-hybridized carbons (Fsp3) is 0.353. The molecule has 2 aromatic rings. The van der Waals surface area contributed by atoms with Crippen LogP contribution in [0.1, 0.15) is 28.8 Å². The van der Waals surface area contributed by atoms with Crippen LogP contribution in [0, 0.1) is 0 Å². The van der Waals surface area contributed by atoms with E-state index in [2.05, 4.69) is 11.4 Å². The molecule has 0 fully saturated rings. The summed E-state index contributed by atoms with van der Waals surface area (Å²) in [6.07, 6.45) is 3.52. The molecule has 0 atom stereocenters. The number of rotatable bonds is 8. The van der Waals surface area contributed by atoms with Gasteiger partial charge in [0, 0.05) is 24.1 Å². The molecule has 124 valence electrons. The summed E-state index contributed by atoms with van der Waals surface area (Å²) in [5.74, 6) is 0.0873. The molecule has 1 aromatic carbocycles.